The van der Waals surface area contributed by atoms with E-state index in [2.05, 4.69) is 32.5 Å². The molecule has 0 fully saturated rings. The van der Waals surface area contributed by atoms with Crippen LogP contribution in [0.1, 0.15) is 47.4 Å². The Balaban J connectivity index is 0.00000324. The summed E-state index contributed by atoms with van der Waals surface area (Å²) in [7, 11) is 1.63. The Kier molecular flexibility index (Phi) is 8.20. The van der Waals surface area contributed by atoms with E-state index in [1.54, 1.807) is 26.2 Å². The minimum atomic E-state index is -0.538. The summed E-state index contributed by atoms with van der Waals surface area (Å²) in [6.45, 7) is 4.49. The number of amides is 1. The number of benzene rings is 2. The number of aliphatic hydroxyl groups excluding tert-OH is 1. The number of fused-ring (bicyclic) bond motifs is 1. The van der Waals surface area contributed by atoms with E-state index < -0.39 is 6.10 Å². The van der Waals surface area contributed by atoms with Crippen LogP contribution >= 0.6 is 13.5 Å². The lowest BCUT2D eigenvalue weighted by Crippen LogP contribution is -2.18. The van der Waals surface area contributed by atoms with Crippen LogP contribution < -0.4 is 10.6 Å². The van der Waals surface area contributed by atoms with Gasteiger partial charge in [0.05, 0.1) is 22.9 Å². The number of pyridine rings is 1. The normalized spacial score (nSPS) is 12.5. The molecule has 3 N–H and O–H groups in total. The first kappa shape index (κ1) is 25.1. The molecule has 2 heterocycles. The Hall–Kier alpha value is -3.49. The molecule has 4 rings (SSSR count). The number of rotatable bonds is 7. The van der Waals surface area contributed by atoms with Crippen molar-refractivity contribution in [2.45, 2.75) is 25.9 Å². The van der Waals surface area contributed by atoms with Gasteiger partial charge in [-0.3, -0.25) is 9.78 Å². The average molecular weight is 476 g/mol. The molecule has 176 valence electrons. The number of aromatic nitrogens is 3. The molecule has 0 radical (unpaired) electrons. The van der Waals surface area contributed by atoms with Crippen LogP contribution in [0.4, 0.5) is 5.82 Å². The Morgan fingerprint density at radius 2 is 1.82 bits per heavy atom. The standard InChI is InChI=1S/C26H27N5O2.H2S/c1-16(20-8-5-9-21-22(26(33)27-3)10-11-28-25(20)21)14-29-24-13-23(30-15-31-24)19-7-4-6-18(12-19)17(2)32;/h4-13,15-17,32H,14H2,1-3H3,(H,27,33)(H,29,30,31);1H2/t16-,17?;/m1./s1. The molecule has 8 heteroatoms. The highest BCUT2D eigenvalue weighted by Crippen LogP contribution is 2.27. The van der Waals surface area contributed by atoms with Crippen molar-refractivity contribution in [1.29, 1.82) is 0 Å². The van der Waals surface area contributed by atoms with Crippen molar-refractivity contribution in [2.24, 2.45) is 0 Å². The summed E-state index contributed by atoms with van der Waals surface area (Å²) in [6, 6.07) is 17.3. The predicted octanol–water partition coefficient (Wildman–Crippen LogP) is 4.43. The molecule has 2 atom stereocenters. The minimum Gasteiger partial charge on any atom is -0.389 e. The molecule has 0 aliphatic rings. The van der Waals surface area contributed by atoms with E-state index in [9.17, 15) is 9.90 Å². The lowest BCUT2D eigenvalue weighted by molar-refractivity contribution is 0.0964. The maximum absolute atomic E-state index is 12.2. The summed E-state index contributed by atoms with van der Waals surface area (Å²) < 4.78 is 0. The smallest absolute Gasteiger partial charge is 0.251 e. The number of carbonyl (C=O) groups is 1. The maximum Gasteiger partial charge on any atom is 0.251 e. The predicted molar refractivity (Wildman–Crippen MR) is 141 cm³/mol. The molecule has 7 nitrogen and oxygen atoms in total. The van der Waals surface area contributed by atoms with Crippen molar-refractivity contribution < 1.29 is 9.90 Å². The number of anilines is 1. The summed E-state index contributed by atoms with van der Waals surface area (Å²) in [4.78, 5) is 25.6. The molecular weight excluding hydrogens is 446 g/mol. The Morgan fingerprint density at radius 3 is 2.59 bits per heavy atom. The molecule has 0 spiro atoms. The van der Waals surface area contributed by atoms with Gasteiger partial charge in [-0.25, -0.2) is 9.97 Å². The zero-order valence-corrected chi connectivity index (χ0v) is 20.4. The fourth-order valence-electron chi connectivity index (χ4n) is 3.87. The third kappa shape index (κ3) is 5.35. The highest BCUT2D eigenvalue weighted by Gasteiger charge is 2.15. The van der Waals surface area contributed by atoms with Gasteiger partial charge in [-0.05, 0) is 30.2 Å². The third-order valence-electron chi connectivity index (χ3n) is 5.73. The monoisotopic (exact) mass is 475 g/mol. The Labute approximate surface area is 206 Å². The summed E-state index contributed by atoms with van der Waals surface area (Å²) in [5, 5.41) is 16.8. The molecule has 2 aromatic heterocycles. The molecule has 0 bridgehead atoms. The largest absolute Gasteiger partial charge is 0.389 e. The minimum absolute atomic E-state index is 0. The van der Waals surface area contributed by atoms with Crippen molar-refractivity contribution in [3.63, 3.8) is 0 Å². The second-order valence-corrected chi connectivity index (χ2v) is 8.05. The van der Waals surface area contributed by atoms with Gasteiger partial charge in [-0.2, -0.15) is 13.5 Å². The van der Waals surface area contributed by atoms with Gasteiger partial charge >= 0.3 is 0 Å². The van der Waals surface area contributed by atoms with E-state index in [0.29, 0.717) is 17.9 Å². The molecule has 1 unspecified atom stereocenters. The molecule has 2 aromatic carbocycles. The highest BCUT2D eigenvalue weighted by atomic mass is 32.1. The summed E-state index contributed by atoms with van der Waals surface area (Å²) in [5.74, 6) is 0.713. The SMILES string of the molecule is CNC(=O)c1ccnc2c([C@H](C)CNc3cc(-c4cccc(C(C)O)c4)ncn3)cccc12.S. The van der Waals surface area contributed by atoms with Gasteiger partial charge < -0.3 is 15.7 Å². The number of carbonyl (C=O) groups excluding carboxylic acids is 1. The van der Waals surface area contributed by atoms with E-state index in [4.69, 9.17) is 0 Å². The summed E-state index contributed by atoms with van der Waals surface area (Å²) in [5.41, 5.74) is 5.05. The summed E-state index contributed by atoms with van der Waals surface area (Å²) >= 11 is 0. The molecule has 0 aliphatic heterocycles. The van der Waals surface area contributed by atoms with Gasteiger partial charge in [-0.1, -0.05) is 43.3 Å². The number of aliphatic hydroxyl groups is 1. The van der Waals surface area contributed by atoms with E-state index >= 15 is 0 Å². The average Bonchev–Trinajstić information content (AvgIpc) is 2.86. The van der Waals surface area contributed by atoms with Gasteiger partial charge in [0.1, 0.15) is 12.1 Å². The number of para-hydroxylation sites is 1. The highest BCUT2D eigenvalue weighted by molar-refractivity contribution is 7.59. The molecular formula is C26H29N5O2S. The molecule has 0 aliphatic carbocycles. The molecule has 0 saturated heterocycles. The van der Waals surface area contributed by atoms with Crippen molar-refractivity contribution in [3.05, 3.63) is 83.8 Å². The van der Waals surface area contributed by atoms with Crippen molar-refractivity contribution >= 4 is 36.1 Å². The molecule has 1 amide bonds. The fraction of sp³-hybridized carbons (Fsp3) is 0.231. The van der Waals surface area contributed by atoms with Crippen molar-refractivity contribution in [3.8, 4) is 11.3 Å². The van der Waals surface area contributed by atoms with Crippen LogP contribution in [0.15, 0.2) is 67.1 Å². The first-order valence-corrected chi connectivity index (χ1v) is 10.9. The van der Waals surface area contributed by atoms with Crippen LogP contribution in [-0.2, 0) is 0 Å². The number of nitrogens with one attached hydrogen (secondary N) is 2. The van der Waals surface area contributed by atoms with Crippen LogP contribution in [-0.4, -0.2) is 39.6 Å². The first-order valence-electron chi connectivity index (χ1n) is 10.9. The van der Waals surface area contributed by atoms with Gasteiger partial charge in [0, 0.05) is 42.7 Å². The maximum atomic E-state index is 12.2. The third-order valence-corrected chi connectivity index (χ3v) is 5.73. The second-order valence-electron chi connectivity index (χ2n) is 8.05. The van der Waals surface area contributed by atoms with Crippen LogP contribution in [0.25, 0.3) is 22.2 Å². The molecule has 0 saturated carbocycles. The van der Waals surface area contributed by atoms with Crippen LogP contribution in [0.2, 0.25) is 0 Å². The van der Waals surface area contributed by atoms with E-state index in [0.717, 1.165) is 33.3 Å². The topological polar surface area (TPSA) is 100 Å². The van der Waals surface area contributed by atoms with Gasteiger partial charge in [0.15, 0.2) is 0 Å². The van der Waals surface area contributed by atoms with Gasteiger partial charge in [-0.15, -0.1) is 0 Å². The Morgan fingerprint density at radius 1 is 1.03 bits per heavy atom. The van der Waals surface area contributed by atoms with Crippen LogP contribution in [0.3, 0.4) is 0 Å². The molecule has 4 aromatic rings. The second kappa shape index (κ2) is 11.1. The first-order chi connectivity index (χ1) is 16.0. The van der Waals surface area contributed by atoms with Crippen molar-refractivity contribution in [2.75, 3.05) is 18.9 Å². The van der Waals surface area contributed by atoms with Crippen LogP contribution in [0.5, 0.6) is 0 Å². The Bertz CT molecular complexity index is 1300. The fourth-order valence-corrected chi connectivity index (χ4v) is 3.87. The lowest BCUT2D eigenvalue weighted by atomic mass is 9.96. The van der Waals surface area contributed by atoms with E-state index in [1.807, 2.05) is 48.5 Å². The number of hydrogen-bond donors (Lipinski definition) is 3. The van der Waals surface area contributed by atoms with E-state index in [-0.39, 0.29) is 25.3 Å². The zero-order valence-electron chi connectivity index (χ0n) is 19.4. The quantitative estimate of drug-likeness (QED) is 0.366. The van der Waals surface area contributed by atoms with Crippen molar-refractivity contribution in [1.82, 2.24) is 20.3 Å². The van der Waals surface area contributed by atoms with Gasteiger partial charge in [0.25, 0.3) is 5.91 Å². The summed E-state index contributed by atoms with van der Waals surface area (Å²) in [6.07, 6.45) is 2.67. The lowest BCUT2D eigenvalue weighted by Gasteiger charge is -2.16. The zero-order chi connectivity index (χ0) is 23.4. The van der Waals surface area contributed by atoms with E-state index in [1.165, 1.54) is 6.33 Å². The van der Waals surface area contributed by atoms with Gasteiger partial charge in [0.2, 0.25) is 0 Å². The van der Waals surface area contributed by atoms with Crippen LogP contribution in [0, 0.1) is 0 Å². The number of nitrogens with zero attached hydrogens (tertiary/aromatic N) is 3. The number of hydrogen-bond acceptors (Lipinski definition) is 6. The molecule has 34 heavy (non-hydrogen) atoms.